The van der Waals surface area contributed by atoms with E-state index >= 15 is 0 Å². The van der Waals surface area contributed by atoms with Crippen molar-refractivity contribution < 1.29 is 14.3 Å². The van der Waals surface area contributed by atoms with Crippen molar-refractivity contribution in [1.29, 1.82) is 0 Å². The number of amides is 1. The summed E-state index contributed by atoms with van der Waals surface area (Å²) >= 11 is 0. The molecule has 1 aromatic carbocycles. The Bertz CT molecular complexity index is 920. The first kappa shape index (κ1) is 21.5. The first-order chi connectivity index (χ1) is 14.5. The maximum atomic E-state index is 12.6. The highest BCUT2D eigenvalue weighted by atomic mass is 16.5. The molecule has 1 aromatic heterocycles. The van der Waals surface area contributed by atoms with Crippen LogP contribution in [-0.2, 0) is 27.3 Å². The molecule has 3 rings (SSSR count). The number of piperidine rings is 1. The van der Waals surface area contributed by atoms with E-state index in [1.54, 1.807) is 6.07 Å². The van der Waals surface area contributed by atoms with Gasteiger partial charge in [-0.25, -0.2) is 9.48 Å². The zero-order valence-corrected chi connectivity index (χ0v) is 17.4. The van der Waals surface area contributed by atoms with Crippen molar-refractivity contribution in [3.63, 3.8) is 0 Å². The zero-order chi connectivity index (χ0) is 21.5. The molecule has 2 heterocycles. The smallest absolute Gasteiger partial charge is 0.328 e. The number of nitrogens with one attached hydrogen (secondary N) is 1. The summed E-state index contributed by atoms with van der Waals surface area (Å²) in [4.78, 5) is 39.1. The number of esters is 1. The van der Waals surface area contributed by atoms with Gasteiger partial charge in [-0.2, -0.15) is 5.10 Å². The van der Waals surface area contributed by atoms with E-state index in [2.05, 4.69) is 22.2 Å². The Hall–Kier alpha value is -3.16. The van der Waals surface area contributed by atoms with Crippen LogP contribution in [0.5, 0.6) is 0 Å². The van der Waals surface area contributed by atoms with Crippen molar-refractivity contribution in [2.75, 3.05) is 25.1 Å². The van der Waals surface area contributed by atoms with Gasteiger partial charge in [0.25, 0.3) is 5.56 Å². The third-order valence-electron chi connectivity index (χ3n) is 5.36. The molecular weight excluding hydrogens is 384 g/mol. The summed E-state index contributed by atoms with van der Waals surface area (Å²) < 4.78 is 5.96. The van der Waals surface area contributed by atoms with E-state index in [0.29, 0.717) is 18.2 Å². The number of benzene rings is 1. The lowest BCUT2D eigenvalue weighted by molar-refractivity contribution is -0.145. The highest BCUT2D eigenvalue weighted by molar-refractivity contribution is 5.84. The second-order valence-corrected chi connectivity index (χ2v) is 7.69. The van der Waals surface area contributed by atoms with Crippen molar-refractivity contribution in [2.24, 2.45) is 5.92 Å². The average molecular weight is 412 g/mol. The number of methoxy groups -OCH3 is 1. The lowest BCUT2D eigenvalue weighted by Gasteiger charge is -2.31. The molecule has 1 saturated heterocycles. The first-order valence-corrected chi connectivity index (χ1v) is 10.2. The molecule has 1 atom stereocenters. The fourth-order valence-electron chi connectivity index (χ4n) is 3.52. The van der Waals surface area contributed by atoms with Crippen LogP contribution in [0.1, 0.15) is 25.3 Å². The SMILES string of the molecule is COC(=O)[C@H](Cc1ccccc1)NC(=O)Cn1nc(N2CCC(C)CC2)ccc1=O. The van der Waals surface area contributed by atoms with Crippen molar-refractivity contribution in [1.82, 2.24) is 15.1 Å². The fraction of sp³-hybridized carbons (Fsp3) is 0.455. The van der Waals surface area contributed by atoms with Gasteiger partial charge >= 0.3 is 5.97 Å². The number of hydrogen-bond acceptors (Lipinski definition) is 6. The van der Waals surface area contributed by atoms with Gasteiger partial charge in [-0.05, 0) is 30.4 Å². The molecule has 2 aromatic rings. The number of aromatic nitrogens is 2. The Morgan fingerprint density at radius 2 is 1.87 bits per heavy atom. The lowest BCUT2D eigenvalue weighted by atomic mass is 9.99. The third kappa shape index (κ3) is 5.68. The lowest BCUT2D eigenvalue weighted by Crippen LogP contribution is -2.45. The maximum absolute atomic E-state index is 12.6. The first-order valence-electron chi connectivity index (χ1n) is 10.2. The zero-order valence-electron chi connectivity index (χ0n) is 17.4. The van der Waals surface area contributed by atoms with Crippen molar-refractivity contribution in [3.05, 3.63) is 58.4 Å². The summed E-state index contributed by atoms with van der Waals surface area (Å²) in [6.07, 6.45) is 2.44. The van der Waals surface area contributed by atoms with Crippen LogP contribution in [0, 0.1) is 5.92 Å². The number of hydrogen-bond donors (Lipinski definition) is 1. The molecule has 0 unspecified atom stereocenters. The predicted molar refractivity (Wildman–Crippen MR) is 113 cm³/mol. The number of ether oxygens (including phenoxy) is 1. The van der Waals surface area contributed by atoms with E-state index in [1.165, 1.54) is 13.2 Å². The molecule has 1 fully saturated rings. The standard InChI is InChI=1S/C22H28N4O4/c1-16-10-12-25(13-11-16)19-8-9-21(28)26(24-19)15-20(27)23-18(22(29)30-2)14-17-6-4-3-5-7-17/h3-9,16,18H,10-15H2,1-2H3,(H,23,27)/t18-/m0/s1. The van der Waals surface area contributed by atoms with Gasteiger partial charge in [-0.1, -0.05) is 37.3 Å². The van der Waals surface area contributed by atoms with Crippen LogP contribution in [0.2, 0.25) is 0 Å². The Balaban J connectivity index is 1.68. The minimum atomic E-state index is -0.840. The topological polar surface area (TPSA) is 93.5 Å². The molecule has 1 N–H and O–H groups in total. The summed E-state index contributed by atoms with van der Waals surface area (Å²) in [7, 11) is 1.28. The van der Waals surface area contributed by atoms with Crippen molar-refractivity contribution in [3.8, 4) is 0 Å². The normalized spacial score (nSPS) is 15.5. The Morgan fingerprint density at radius 1 is 1.17 bits per heavy atom. The summed E-state index contributed by atoms with van der Waals surface area (Å²) in [5.41, 5.74) is 0.529. The van der Waals surface area contributed by atoms with Crippen LogP contribution in [0.25, 0.3) is 0 Å². The van der Waals surface area contributed by atoms with Gasteiger partial charge in [0.2, 0.25) is 5.91 Å². The maximum Gasteiger partial charge on any atom is 0.328 e. The summed E-state index contributed by atoms with van der Waals surface area (Å²) in [6.45, 7) is 3.71. The van der Waals surface area contributed by atoms with Gasteiger partial charge in [0.05, 0.1) is 7.11 Å². The summed E-state index contributed by atoms with van der Waals surface area (Å²) in [5.74, 6) is 0.352. The van der Waals surface area contributed by atoms with Crippen LogP contribution in [0.3, 0.4) is 0 Å². The summed E-state index contributed by atoms with van der Waals surface area (Å²) in [6, 6.07) is 11.6. The molecule has 0 spiro atoms. The predicted octanol–water partition coefficient (Wildman–Crippen LogP) is 1.38. The van der Waals surface area contributed by atoms with Gasteiger partial charge < -0.3 is 15.0 Å². The van der Waals surface area contributed by atoms with Crippen LogP contribution in [-0.4, -0.2) is 47.9 Å². The monoisotopic (exact) mass is 412 g/mol. The molecule has 160 valence electrons. The van der Waals surface area contributed by atoms with Gasteiger partial charge in [0.15, 0.2) is 0 Å². The van der Waals surface area contributed by atoms with E-state index < -0.39 is 17.9 Å². The van der Waals surface area contributed by atoms with E-state index in [-0.39, 0.29) is 12.1 Å². The van der Waals surface area contributed by atoms with E-state index in [1.807, 2.05) is 30.3 Å². The molecule has 30 heavy (non-hydrogen) atoms. The van der Waals surface area contributed by atoms with Crippen molar-refractivity contribution in [2.45, 2.75) is 38.8 Å². The Kier molecular flexibility index (Phi) is 7.21. The molecular formula is C22H28N4O4. The van der Waals surface area contributed by atoms with Crippen LogP contribution >= 0.6 is 0 Å². The van der Waals surface area contributed by atoms with Crippen molar-refractivity contribution >= 4 is 17.7 Å². The van der Waals surface area contributed by atoms with E-state index in [9.17, 15) is 14.4 Å². The van der Waals surface area contributed by atoms with Crippen LogP contribution < -0.4 is 15.8 Å². The van der Waals surface area contributed by atoms with E-state index in [4.69, 9.17) is 4.74 Å². The molecule has 1 amide bonds. The molecule has 8 nitrogen and oxygen atoms in total. The highest BCUT2D eigenvalue weighted by Crippen LogP contribution is 2.20. The van der Waals surface area contributed by atoms with Gasteiger partial charge in [0.1, 0.15) is 18.4 Å². The summed E-state index contributed by atoms with van der Waals surface area (Å²) in [5, 5.41) is 7.04. The molecule has 0 bridgehead atoms. The Morgan fingerprint density at radius 3 is 2.53 bits per heavy atom. The van der Waals surface area contributed by atoms with Gasteiger partial charge in [-0.3, -0.25) is 9.59 Å². The molecule has 0 radical (unpaired) electrons. The van der Waals surface area contributed by atoms with Crippen LogP contribution in [0.15, 0.2) is 47.3 Å². The molecule has 1 aliphatic rings. The number of carbonyl (C=O) groups excluding carboxylic acids is 2. The number of nitrogens with zero attached hydrogens (tertiary/aromatic N) is 3. The second kappa shape index (κ2) is 10.0. The fourth-order valence-corrected chi connectivity index (χ4v) is 3.52. The van der Waals surface area contributed by atoms with E-state index in [0.717, 1.165) is 36.2 Å². The van der Waals surface area contributed by atoms with Gasteiger partial charge in [-0.15, -0.1) is 0 Å². The third-order valence-corrected chi connectivity index (χ3v) is 5.36. The average Bonchev–Trinajstić information content (AvgIpc) is 2.75. The molecule has 0 saturated carbocycles. The number of anilines is 1. The number of rotatable bonds is 7. The minimum Gasteiger partial charge on any atom is -0.467 e. The minimum absolute atomic E-state index is 0.265. The molecule has 0 aliphatic carbocycles. The quantitative estimate of drug-likeness (QED) is 0.691. The molecule has 8 heteroatoms. The highest BCUT2D eigenvalue weighted by Gasteiger charge is 2.23. The molecule has 1 aliphatic heterocycles. The Labute approximate surface area is 175 Å². The number of carbonyl (C=O) groups is 2. The van der Waals surface area contributed by atoms with Gasteiger partial charge in [0, 0.05) is 25.6 Å². The second-order valence-electron chi connectivity index (χ2n) is 7.69. The van der Waals surface area contributed by atoms with Crippen LogP contribution in [0.4, 0.5) is 5.82 Å². The largest absolute Gasteiger partial charge is 0.467 e.